The lowest BCUT2D eigenvalue weighted by Gasteiger charge is -2.28. The van der Waals surface area contributed by atoms with E-state index < -0.39 is 5.41 Å². The minimum atomic E-state index is -0.435. The molecule has 0 aliphatic carbocycles. The van der Waals surface area contributed by atoms with Crippen LogP contribution in [0, 0.1) is 5.41 Å². The van der Waals surface area contributed by atoms with Crippen LogP contribution in [0.4, 0.5) is 0 Å². The van der Waals surface area contributed by atoms with Gasteiger partial charge in [-0.15, -0.1) is 0 Å². The molecule has 1 aliphatic heterocycles. The van der Waals surface area contributed by atoms with Gasteiger partial charge in [-0.1, -0.05) is 28.1 Å². The Morgan fingerprint density at radius 2 is 2.40 bits per heavy atom. The molecule has 1 fully saturated rings. The van der Waals surface area contributed by atoms with E-state index in [-0.39, 0.29) is 11.9 Å². The van der Waals surface area contributed by atoms with Crippen molar-refractivity contribution in [2.24, 2.45) is 5.41 Å². The Kier molecular flexibility index (Phi) is 5.18. The van der Waals surface area contributed by atoms with Gasteiger partial charge in [-0.25, -0.2) is 0 Å². The summed E-state index contributed by atoms with van der Waals surface area (Å²) in [5, 5.41) is 6.36. The Balaban J connectivity index is 2.06. The van der Waals surface area contributed by atoms with Crippen LogP contribution in [0.1, 0.15) is 24.9 Å². The summed E-state index contributed by atoms with van der Waals surface area (Å²) >= 11 is 3.46. The van der Waals surface area contributed by atoms with Crippen LogP contribution in [0.2, 0.25) is 0 Å². The van der Waals surface area contributed by atoms with Crippen molar-refractivity contribution in [1.29, 1.82) is 0 Å². The Morgan fingerprint density at radius 3 is 3.00 bits per heavy atom. The number of halogens is 1. The van der Waals surface area contributed by atoms with E-state index >= 15 is 0 Å². The van der Waals surface area contributed by atoms with Gasteiger partial charge in [0.05, 0.1) is 18.1 Å². The molecule has 2 rings (SSSR count). The van der Waals surface area contributed by atoms with Gasteiger partial charge in [0.2, 0.25) is 5.91 Å². The summed E-state index contributed by atoms with van der Waals surface area (Å²) in [5.74, 6) is 0.0665. The minimum absolute atomic E-state index is 0.0191. The first-order valence-corrected chi connectivity index (χ1v) is 7.63. The molecule has 2 unspecified atom stereocenters. The quantitative estimate of drug-likeness (QED) is 0.864. The molecule has 0 bridgehead atoms. The van der Waals surface area contributed by atoms with Crippen LogP contribution in [0.3, 0.4) is 0 Å². The van der Waals surface area contributed by atoms with Gasteiger partial charge in [-0.2, -0.15) is 0 Å². The highest BCUT2D eigenvalue weighted by atomic mass is 79.9. The molecule has 0 saturated carbocycles. The average molecular weight is 341 g/mol. The number of methoxy groups -OCH3 is 1. The summed E-state index contributed by atoms with van der Waals surface area (Å²) in [6.45, 7) is 4.00. The SMILES string of the molecule is COCC1(C(=O)NC(C)c2cccc(Br)c2)CCNC1. The lowest BCUT2D eigenvalue weighted by Crippen LogP contribution is -2.46. The summed E-state index contributed by atoms with van der Waals surface area (Å²) in [7, 11) is 1.64. The summed E-state index contributed by atoms with van der Waals surface area (Å²) < 4.78 is 6.27. The van der Waals surface area contributed by atoms with E-state index in [1.165, 1.54) is 0 Å². The van der Waals surface area contributed by atoms with Crippen molar-refractivity contribution < 1.29 is 9.53 Å². The van der Waals surface area contributed by atoms with Crippen molar-refractivity contribution in [2.45, 2.75) is 19.4 Å². The van der Waals surface area contributed by atoms with Crippen LogP contribution in [0.25, 0.3) is 0 Å². The standard InChI is InChI=1S/C15H21BrN2O2/c1-11(12-4-3-5-13(16)8-12)18-14(19)15(10-20-2)6-7-17-9-15/h3-5,8,11,17H,6-7,9-10H2,1-2H3,(H,18,19). The van der Waals surface area contributed by atoms with Crippen molar-refractivity contribution >= 4 is 21.8 Å². The maximum Gasteiger partial charge on any atom is 0.230 e. The average Bonchev–Trinajstić information content (AvgIpc) is 2.89. The van der Waals surface area contributed by atoms with Gasteiger partial charge in [0.25, 0.3) is 0 Å². The fraction of sp³-hybridized carbons (Fsp3) is 0.533. The van der Waals surface area contributed by atoms with Gasteiger partial charge in [0.1, 0.15) is 0 Å². The van der Waals surface area contributed by atoms with E-state index in [0.29, 0.717) is 13.2 Å². The van der Waals surface area contributed by atoms with Gasteiger partial charge in [0, 0.05) is 18.1 Å². The molecule has 1 saturated heterocycles. The van der Waals surface area contributed by atoms with Crippen LogP contribution in [0.15, 0.2) is 28.7 Å². The Labute approximate surface area is 128 Å². The van der Waals surface area contributed by atoms with E-state index in [1.54, 1.807) is 7.11 Å². The number of amides is 1. The molecule has 1 aliphatic rings. The van der Waals surface area contributed by atoms with Gasteiger partial charge < -0.3 is 15.4 Å². The number of carbonyl (C=O) groups is 1. The van der Waals surface area contributed by atoms with Crippen molar-refractivity contribution in [3.8, 4) is 0 Å². The molecule has 5 heteroatoms. The number of nitrogens with one attached hydrogen (secondary N) is 2. The third kappa shape index (κ3) is 3.40. The maximum atomic E-state index is 12.6. The van der Waals surface area contributed by atoms with E-state index in [1.807, 2.05) is 31.2 Å². The summed E-state index contributed by atoms with van der Waals surface area (Å²) in [5.41, 5.74) is 0.654. The zero-order valence-electron chi connectivity index (χ0n) is 11.9. The molecule has 0 aromatic heterocycles. The molecule has 1 aromatic rings. The molecule has 20 heavy (non-hydrogen) atoms. The highest BCUT2D eigenvalue weighted by molar-refractivity contribution is 9.10. The van der Waals surface area contributed by atoms with Gasteiger partial charge >= 0.3 is 0 Å². The summed E-state index contributed by atoms with van der Waals surface area (Å²) in [6.07, 6.45) is 0.817. The highest BCUT2D eigenvalue weighted by Gasteiger charge is 2.41. The molecule has 110 valence electrons. The van der Waals surface area contributed by atoms with Crippen LogP contribution in [0.5, 0.6) is 0 Å². The number of hydrogen-bond donors (Lipinski definition) is 2. The van der Waals surface area contributed by atoms with Gasteiger partial charge in [-0.3, -0.25) is 4.79 Å². The van der Waals surface area contributed by atoms with E-state index in [9.17, 15) is 4.79 Å². The molecule has 2 atom stereocenters. The predicted molar refractivity (Wildman–Crippen MR) is 82.5 cm³/mol. The topological polar surface area (TPSA) is 50.4 Å². The molecule has 0 spiro atoms. The normalized spacial score (nSPS) is 23.6. The number of ether oxygens (including phenoxy) is 1. The van der Waals surface area contributed by atoms with E-state index in [2.05, 4.69) is 26.6 Å². The molecule has 2 N–H and O–H groups in total. The zero-order chi connectivity index (χ0) is 14.6. The van der Waals surface area contributed by atoms with Crippen molar-refractivity contribution in [2.75, 3.05) is 26.8 Å². The minimum Gasteiger partial charge on any atom is -0.384 e. The van der Waals surface area contributed by atoms with Crippen molar-refractivity contribution in [3.05, 3.63) is 34.3 Å². The first-order valence-electron chi connectivity index (χ1n) is 6.83. The summed E-state index contributed by atoms with van der Waals surface area (Å²) in [6, 6.07) is 7.98. The first-order chi connectivity index (χ1) is 9.57. The van der Waals surface area contributed by atoms with E-state index in [4.69, 9.17) is 4.74 Å². The van der Waals surface area contributed by atoms with Crippen molar-refractivity contribution in [1.82, 2.24) is 10.6 Å². The molecule has 4 nitrogen and oxygen atoms in total. The number of hydrogen-bond acceptors (Lipinski definition) is 3. The fourth-order valence-corrected chi connectivity index (χ4v) is 3.03. The number of benzene rings is 1. The molecular weight excluding hydrogens is 320 g/mol. The second kappa shape index (κ2) is 6.70. The van der Waals surface area contributed by atoms with Gasteiger partial charge in [-0.05, 0) is 37.6 Å². The largest absolute Gasteiger partial charge is 0.384 e. The predicted octanol–water partition coefficient (Wildman–Crippen LogP) is 2.25. The van der Waals surface area contributed by atoms with Crippen LogP contribution < -0.4 is 10.6 Å². The van der Waals surface area contributed by atoms with Crippen molar-refractivity contribution in [3.63, 3.8) is 0 Å². The Bertz CT molecular complexity index is 473. The van der Waals surface area contributed by atoms with Crippen LogP contribution in [-0.4, -0.2) is 32.7 Å². The second-order valence-corrected chi connectivity index (χ2v) is 6.31. The zero-order valence-corrected chi connectivity index (χ0v) is 13.5. The molecule has 1 amide bonds. The summed E-state index contributed by atoms with van der Waals surface area (Å²) in [4.78, 5) is 12.6. The molecule has 1 aromatic carbocycles. The fourth-order valence-electron chi connectivity index (χ4n) is 2.61. The lowest BCUT2D eigenvalue weighted by molar-refractivity contribution is -0.133. The Morgan fingerprint density at radius 1 is 1.60 bits per heavy atom. The van der Waals surface area contributed by atoms with Crippen LogP contribution >= 0.6 is 15.9 Å². The van der Waals surface area contributed by atoms with Gasteiger partial charge in [0.15, 0.2) is 0 Å². The van der Waals surface area contributed by atoms with Crippen LogP contribution in [-0.2, 0) is 9.53 Å². The molecule has 0 radical (unpaired) electrons. The third-order valence-electron chi connectivity index (χ3n) is 3.84. The number of carbonyl (C=O) groups excluding carboxylic acids is 1. The number of rotatable bonds is 5. The lowest BCUT2D eigenvalue weighted by atomic mass is 9.86. The third-order valence-corrected chi connectivity index (χ3v) is 4.34. The smallest absolute Gasteiger partial charge is 0.230 e. The highest BCUT2D eigenvalue weighted by Crippen LogP contribution is 2.27. The molecule has 1 heterocycles. The molecular formula is C15H21BrN2O2. The van der Waals surface area contributed by atoms with E-state index in [0.717, 1.165) is 23.0 Å². The maximum absolute atomic E-state index is 12.6. The first kappa shape index (κ1) is 15.5. The second-order valence-electron chi connectivity index (χ2n) is 5.39. The Hall–Kier alpha value is -0.910. The monoisotopic (exact) mass is 340 g/mol.